The number of aromatic nitrogens is 4. The van der Waals surface area contributed by atoms with Crippen LogP contribution in [0.3, 0.4) is 0 Å². The summed E-state index contributed by atoms with van der Waals surface area (Å²) >= 11 is 0. The molecule has 1 aromatic carbocycles. The van der Waals surface area contributed by atoms with Crippen LogP contribution in [-0.2, 0) is 6.42 Å². The quantitative estimate of drug-likeness (QED) is 0.402. The van der Waals surface area contributed by atoms with Crippen LogP contribution >= 0.6 is 0 Å². The van der Waals surface area contributed by atoms with E-state index in [-0.39, 0.29) is 11.8 Å². The monoisotopic (exact) mass is 442 g/mol. The van der Waals surface area contributed by atoms with Gasteiger partial charge in [-0.1, -0.05) is 6.92 Å². The highest BCUT2D eigenvalue weighted by Crippen LogP contribution is 2.28. The van der Waals surface area contributed by atoms with Gasteiger partial charge in [-0.25, -0.2) is 19.2 Å². The van der Waals surface area contributed by atoms with Crippen LogP contribution in [0.25, 0.3) is 21.6 Å². The number of benzene rings is 1. The van der Waals surface area contributed by atoms with Crippen LogP contribution in [0.15, 0.2) is 55.1 Å². The van der Waals surface area contributed by atoms with Gasteiger partial charge >= 0.3 is 0 Å². The van der Waals surface area contributed by atoms with E-state index < -0.39 is 5.82 Å². The lowest BCUT2D eigenvalue weighted by molar-refractivity contribution is 0.170. The van der Waals surface area contributed by atoms with E-state index >= 15 is 0 Å². The van der Waals surface area contributed by atoms with Crippen molar-refractivity contribution in [3.8, 4) is 11.6 Å². The molecule has 166 valence electrons. The van der Waals surface area contributed by atoms with Crippen molar-refractivity contribution in [2.45, 2.75) is 32.3 Å². The first-order valence-electron chi connectivity index (χ1n) is 11.0. The van der Waals surface area contributed by atoms with Gasteiger partial charge in [0.15, 0.2) is 5.69 Å². The molecule has 8 heteroatoms. The normalized spacial score (nSPS) is 14.4. The molecule has 0 N–H and O–H groups in total. The number of fused-ring (bicyclic) bond motifs is 1. The predicted octanol–water partition coefficient (Wildman–Crippen LogP) is 5.12. The first kappa shape index (κ1) is 20.9. The molecule has 3 aromatic heterocycles. The largest absolute Gasteiger partial charge is 0.489 e. The maximum absolute atomic E-state index is 14.6. The molecule has 5 rings (SSSR count). The Balaban J connectivity index is 1.24. The van der Waals surface area contributed by atoms with Crippen LogP contribution in [0.4, 0.5) is 15.9 Å². The van der Waals surface area contributed by atoms with Crippen LogP contribution in [0.2, 0.25) is 0 Å². The fourth-order valence-corrected chi connectivity index (χ4v) is 4.15. The molecule has 0 amide bonds. The summed E-state index contributed by atoms with van der Waals surface area (Å²) in [7, 11) is 0. The van der Waals surface area contributed by atoms with Crippen molar-refractivity contribution in [2.75, 3.05) is 18.0 Å². The fraction of sp³-hybridized carbons (Fsp3) is 0.280. The van der Waals surface area contributed by atoms with Crippen LogP contribution in [0.5, 0.6) is 5.75 Å². The lowest BCUT2D eigenvalue weighted by Gasteiger charge is -2.32. The Bertz CT molecular complexity index is 1300. The highest BCUT2D eigenvalue weighted by atomic mass is 19.1. The Morgan fingerprint density at radius 2 is 1.88 bits per heavy atom. The number of hydrogen-bond acceptors (Lipinski definition) is 5. The summed E-state index contributed by atoms with van der Waals surface area (Å²) in [6.45, 7) is 10.9. The van der Waals surface area contributed by atoms with E-state index in [4.69, 9.17) is 11.3 Å². The van der Waals surface area contributed by atoms with Crippen LogP contribution < -0.4 is 9.64 Å². The number of piperidine rings is 1. The van der Waals surface area contributed by atoms with Gasteiger partial charge in [-0.2, -0.15) is 0 Å². The zero-order valence-corrected chi connectivity index (χ0v) is 18.3. The zero-order valence-electron chi connectivity index (χ0n) is 18.3. The topological polar surface area (TPSA) is 60.4 Å². The van der Waals surface area contributed by atoms with Gasteiger partial charge in [-0.05, 0) is 42.1 Å². The molecule has 0 unspecified atom stereocenters. The lowest BCUT2D eigenvalue weighted by Crippen LogP contribution is -2.38. The van der Waals surface area contributed by atoms with E-state index in [1.54, 1.807) is 29.1 Å². The average Bonchev–Trinajstić information content (AvgIpc) is 3.30. The summed E-state index contributed by atoms with van der Waals surface area (Å²) in [5.41, 5.74) is 1.69. The summed E-state index contributed by atoms with van der Waals surface area (Å²) in [5.74, 6) is 1.75. The summed E-state index contributed by atoms with van der Waals surface area (Å²) < 4.78 is 22.4. The Hall–Kier alpha value is -3.99. The van der Waals surface area contributed by atoms with E-state index in [0.717, 1.165) is 43.9 Å². The van der Waals surface area contributed by atoms with E-state index in [9.17, 15) is 4.39 Å². The number of ether oxygens (including phenoxy) is 1. The van der Waals surface area contributed by atoms with Crippen molar-refractivity contribution < 1.29 is 9.13 Å². The van der Waals surface area contributed by atoms with Gasteiger partial charge in [0.2, 0.25) is 0 Å². The van der Waals surface area contributed by atoms with Crippen molar-refractivity contribution >= 4 is 22.4 Å². The molecule has 0 spiro atoms. The Labute approximate surface area is 191 Å². The van der Waals surface area contributed by atoms with Crippen molar-refractivity contribution in [1.82, 2.24) is 19.5 Å². The molecule has 33 heavy (non-hydrogen) atoms. The first-order chi connectivity index (χ1) is 16.1. The minimum absolute atomic E-state index is 0.105. The second-order valence-corrected chi connectivity index (χ2v) is 8.04. The number of pyridine rings is 1. The summed E-state index contributed by atoms with van der Waals surface area (Å²) in [6, 6.07) is 8.39. The number of aryl methyl sites for hydroxylation is 1. The third-order valence-corrected chi connectivity index (χ3v) is 5.94. The second-order valence-electron chi connectivity index (χ2n) is 8.04. The van der Waals surface area contributed by atoms with Crippen molar-refractivity contribution in [3.05, 3.63) is 78.0 Å². The van der Waals surface area contributed by atoms with E-state index in [1.807, 2.05) is 24.5 Å². The first-order valence-corrected chi connectivity index (χ1v) is 11.0. The Morgan fingerprint density at radius 1 is 1.06 bits per heavy atom. The van der Waals surface area contributed by atoms with E-state index in [2.05, 4.69) is 31.6 Å². The minimum atomic E-state index is -0.439. The molecule has 1 aliphatic rings. The number of halogens is 1. The smallest absolute Gasteiger partial charge is 0.190 e. The molecule has 7 nitrogen and oxygen atoms in total. The molecule has 0 saturated carbocycles. The lowest BCUT2D eigenvalue weighted by atomic mass is 10.1. The maximum Gasteiger partial charge on any atom is 0.190 e. The average molecular weight is 442 g/mol. The highest BCUT2D eigenvalue weighted by molar-refractivity contribution is 5.85. The SMILES string of the molecule is [C-]#[N+]c1cc(F)c2c(ccn2-c2ccc(OC3CCN(c4cnc(CC)cn4)CC3)cn2)c1. The van der Waals surface area contributed by atoms with E-state index in [1.165, 1.54) is 6.07 Å². The second kappa shape index (κ2) is 8.87. The molecule has 4 aromatic rings. The maximum atomic E-state index is 14.6. The van der Waals surface area contributed by atoms with Crippen LogP contribution in [0, 0.1) is 12.4 Å². The van der Waals surface area contributed by atoms with Crippen molar-refractivity contribution in [3.63, 3.8) is 0 Å². The number of anilines is 1. The van der Waals surface area contributed by atoms with Gasteiger partial charge in [0, 0.05) is 32.1 Å². The summed E-state index contributed by atoms with van der Waals surface area (Å²) in [5, 5.41) is 0.670. The van der Waals surface area contributed by atoms with Gasteiger partial charge < -0.3 is 9.64 Å². The Morgan fingerprint density at radius 3 is 2.55 bits per heavy atom. The number of rotatable bonds is 5. The van der Waals surface area contributed by atoms with Gasteiger partial charge in [0.25, 0.3) is 0 Å². The molecular weight excluding hydrogens is 419 g/mol. The molecule has 1 saturated heterocycles. The van der Waals surface area contributed by atoms with Crippen LogP contribution in [-0.4, -0.2) is 38.7 Å². The molecule has 0 radical (unpaired) electrons. The molecule has 0 aliphatic carbocycles. The van der Waals surface area contributed by atoms with E-state index in [0.29, 0.717) is 22.5 Å². The van der Waals surface area contributed by atoms with Gasteiger partial charge in [-0.3, -0.25) is 9.55 Å². The molecular formula is C25H23FN6O. The van der Waals surface area contributed by atoms with Crippen LogP contribution in [0.1, 0.15) is 25.5 Å². The molecule has 1 fully saturated rings. The third-order valence-electron chi connectivity index (χ3n) is 5.94. The standard InChI is InChI=1S/C25H23FN6O/c1-3-18-14-29-24(16-28-18)31-9-7-20(8-10-31)33-21-4-5-23(30-15-21)32-11-6-17-12-19(27-2)13-22(26)25(17)32/h4-6,11-16,20H,3,7-10H2,1H3. The number of nitrogens with zero attached hydrogens (tertiary/aromatic N) is 6. The fourth-order valence-electron chi connectivity index (χ4n) is 4.15. The zero-order chi connectivity index (χ0) is 22.8. The van der Waals surface area contributed by atoms with Gasteiger partial charge in [-0.15, -0.1) is 0 Å². The Kier molecular flexibility index (Phi) is 5.61. The minimum Gasteiger partial charge on any atom is -0.489 e. The molecule has 0 bridgehead atoms. The van der Waals surface area contributed by atoms with Gasteiger partial charge in [0.1, 0.15) is 29.3 Å². The summed E-state index contributed by atoms with van der Waals surface area (Å²) in [4.78, 5) is 19.0. The highest BCUT2D eigenvalue weighted by Gasteiger charge is 2.22. The van der Waals surface area contributed by atoms with Crippen molar-refractivity contribution in [2.24, 2.45) is 0 Å². The third kappa shape index (κ3) is 4.22. The van der Waals surface area contributed by atoms with Gasteiger partial charge in [0.05, 0.1) is 36.4 Å². The van der Waals surface area contributed by atoms with Crippen molar-refractivity contribution in [1.29, 1.82) is 0 Å². The number of hydrogen-bond donors (Lipinski definition) is 0. The molecule has 4 heterocycles. The molecule has 1 aliphatic heterocycles. The summed E-state index contributed by atoms with van der Waals surface area (Å²) in [6.07, 6.45) is 9.88. The molecule has 0 atom stereocenters. The predicted molar refractivity (Wildman–Crippen MR) is 125 cm³/mol.